The Bertz CT molecular complexity index is 934. The van der Waals surface area contributed by atoms with Crippen LogP contribution in [-0.4, -0.2) is 56.2 Å². The minimum Gasteiger partial charge on any atom is -0.497 e. The summed E-state index contributed by atoms with van der Waals surface area (Å²) in [5.41, 5.74) is 1.49. The van der Waals surface area contributed by atoms with E-state index in [2.05, 4.69) is 19.2 Å². The molecule has 1 saturated heterocycles. The summed E-state index contributed by atoms with van der Waals surface area (Å²) in [6.45, 7) is 4.64. The number of rotatable bonds is 9. The standard InChI is InChI=1S/C26H34N2O5/c1-18-6-5-7-19(2)28(18)25(29)17-33-22-10-8-20(9-11-22)26(30)27-15-14-21-16-23(31-3)12-13-24(21)32-4/h8-13,16,18-19H,5-7,14-15,17H2,1-4H3,(H,27,30). The number of nitrogens with one attached hydrogen (secondary N) is 1. The largest absolute Gasteiger partial charge is 0.497 e. The van der Waals surface area contributed by atoms with Gasteiger partial charge in [-0.3, -0.25) is 9.59 Å². The van der Waals surface area contributed by atoms with E-state index in [4.69, 9.17) is 14.2 Å². The normalized spacial score (nSPS) is 17.9. The van der Waals surface area contributed by atoms with Gasteiger partial charge in [0, 0.05) is 24.2 Å². The smallest absolute Gasteiger partial charge is 0.260 e. The topological polar surface area (TPSA) is 77.1 Å². The molecule has 178 valence electrons. The minimum absolute atomic E-state index is 0.00257. The zero-order valence-electron chi connectivity index (χ0n) is 19.9. The van der Waals surface area contributed by atoms with Crippen LogP contribution in [0.3, 0.4) is 0 Å². The monoisotopic (exact) mass is 454 g/mol. The number of carbonyl (C=O) groups is 2. The molecular formula is C26H34N2O5. The number of amides is 2. The zero-order valence-corrected chi connectivity index (χ0v) is 19.9. The first-order valence-corrected chi connectivity index (χ1v) is 11.5. The van der Waals surface area contributed by atoms with E-state index < -0.39 is 0 Å². The number of benzene rings is 2. The van der Waals surface area contributed by atoms with Crippen molar-refractivity contribution in [3.63, 3.8) is 0 Å². The zero-order chi connectivity index (χ0) is 23.8. The Kier molecular flexibility index (Phi) is 8.58. The van der Waals surface area contributed by atoms with E-state index in [9.17, 15) is 9.59 Å². The second kappa shape index (κ2) is 11.6. The van der Waals surface area contributed by atoms with Crippen LogP contribution in [0.25, 0.3) is 0 Å². The maximum absolute atomic E-state index is 12.6. The Labute approximate surface area is 196 Å². The van der Waals surface area contributed by atoms with Crippen molar-refractivity contribution >= 4 is 11.8 Å². The van der Waals surface area contributed by atoms with Crippen molar-refractivity contribution < 1.29 is 23.8 Å². The van der Waals surface area contributed by atoms with E-state index in [-0.39, 0.29) is 30.5 Å². The fourth-order valence-electron chi connectivity index (χ4n) is 4.33. The quantitative estimate of drug-likeness (QED) is 0.623. The highest BCUT2D eigenvalue weighted by Crippen LogP contribution is 2.24. The molecule has 0 bridgehead atoms. The molecule has 1 heterocycles. The van der Waals surface area contributed by atoms with Crippen LogP contribution in [0.1, 0.15) is 49.0 Å². The third kappa shape index (κ3) is 6.40. The number of ether oxygens (including phenoxy) is 3. The molecule has 0 radical (unpaired) electrons. The molecule has 0 saturated carbocycles. The highest BCUT2D eigenvalue weighted by molar-refractivity contribution is 5.94. The summed E-state index contributed by atoms with van der Waals surface area (Å²) < 4.78 is 16.3. The Hall–Kier alpha value is -3.22. The lowest BCUT2D eigenvalue weighted by Gasteiger charge is -2.38. The fraction of sp³-hybridized carbons (Fsp3) is 0.462. The average molecular weight is 455 g/mol. The highest BCUT2D eigenvalue weighted by atomic mass is 16.5. The molecule has 2 amide bonds. The molecule has 0 spiro atoms. The highest BCUT2D eigenvalue weighted by Gasteiger charge is 2.28. The van der Waals surface area contributed by atoms with Crippen LogP contribution in [0.2, 0.25) is 0 Å². The van der Waals surface area contributed by atoms with Crippen molar-refractivity contribution in [2.45, 2.75) is 51.6 Å². The molecule has 1 aliphatic rings. The predicted octanol–water partition coefficient (Wildman–Crippen LogP) is 3.84. The summed E-state index contributed by atoms with van der Waals surface area (Å²) in [6, 6.07) is 12.9. The molecule has 0 aliphatic carbocycles. The van der Waals surface area contributed by atoms with E-state index in [0.29, 0.717) is 24.3 Å². The lowest BCUT2D eigenvalue weighted by atomic mass is 9.97. The van der Waals surface area contributed by atoms with Gasteiger partial charge in [0.1, 0.15) is 17.2 Å². The van der Waals surface area contributed by atoms with Crippen molar-refractivity contribution in [3.05, 3.63) is 53.6 Å². The maximum Gasteiger partial charge on any atom is 0.260 e. The third-order valence-electron chi connectivity index (χ3n) is 6.13. The van der Waals surface area contributed by atoms with Gasteiger partial charge >= 0.3 is 0 Å². The van der Waals surface area contributed by atoms with Gasteiger partial charge in [0.15, 0.2) is 6.61 Å². The Morgan fingerprint density at radius 1 is 0.970 bits per heavy atom. The van der Waals surface area contributed by atoms with Gasteiger partial charge in [-0.15, -0.1) is 0 Å². The molecule has 2 aromatic carbocycles. The van der Waals surface area contributed by atoms with Crippen LogP contribution in [0.4, 0.5) is 0 Å². The lowest BCUT2D eigenvalue weighted by Crippen LogP contribution is -2.49. The molecule has 1 N–H and O–H groups in total. The molecule has 0 aromatic heterocycles. The van der Waals surface area contributed by atoms with E-state index in [1.807, 2.05) is 23.1 Å². The van der Waals surface area contributed by atoms with Gasteiger partial charge in [-0.1, -0.05) is 0 Å². The van der Waals surface area contributed by atoms with Crippen molar-refractivity contribution in [2.24, 2.45) is 0 Å². The van der Waals surface area contributed by atoms with Gasteiger partial charge in [-0.25, -0.2) is 0 Å². The molecule has 3 rings (SSSR count). The number of nitrogens with zero attached hydrogens (tertiary/aromatic N) is 1. The first-order valence-electron chi connectivity index (χ1n) is 11.5. The van der Waals surface area contributed by atoms with Crippen molar-refractivity contribution in [1.82, 2.24) is 10.2 Å². The predicted molar refractivity (Wildman–Crippen MR) is 127 cm³/mol. The second-order valence-electron chi connectivity index (χ2n) is 8.43. The van der Waals surface area contributed by atoms with Crippen LogP contribution >= 0.6 is 0 Å². The van der Waals surface area contributed by atoms with Crippen LogP contribution in [0.15, 0.2) is 42.5 Å². The fourth-order valence-corrected chi connectivity index (χ4v) is 4.33. The van der Waals surface area contributed by atoms with E-state index in [0.717, 1.165) is 36.3 Å². The third-order valence-corrected chi connectivity index (χ3v) is 6.13. The molecule has 2 unspecified atom stereocenters. The van der Waals surface area contributed by atoms with Gasteiger partial charge in [0.25, 0.3) is 11.8 Å². The summed E-state index contributed by atoms with van der Waals surface area (Å²) in [4.78, 5) is 27.0. The number of hydrogen-bond acceptors (Lipinski definition) is 5. The van der Waals surface area contributed by atoms with Crippen molar-refractivity contribution in [1.29, 1.82) is 0 Å². The number of likely N-dealkylation sites (tertiary alicyclic amines) is 1. The summed E-state index contributed by atoms with van der Waals surface area (Å²) in [6.07, 6.45) is 3.83. The van der Waals surface area contributed by atoms with Crippen molar-refractivity contribution in [3.8, 4) is 17.2 Å². The first kappa shape index (κ1) is 24.4. The van der Waals surface area contributed by atoms with E-state index in [1.54, 1.807) is 38.5 Å². The molecule has 33 heavy (non-hydrogen) atoms. The molecule has 7 heteroatoms. The van der Waals surface area contributed by atoms with Crippen LogP contribution in [0.5, 0.6) is 17.2 Å². The number of piperidine rings is 1. The van der Waals surface area contributed by atoms with Crippen LogP contribution in [0, 0.1) is 0 Å². The maximum atomic E-state index is 12.6. The summed E-state index contributed by atoms with van der Waals surface area (Å²) in [5.74, 6) is 1.91. The molecule has 7 nitrogen and oxygen atoms in total. The second-order valence-corrected chi connectivity index (χ2v) is 8.43. The molecule has 1 aliphatic heterocycles. The Morgan fingerprint density at radius 3 is 2.27 bits per heavy atom. The summed E-state index contributed by atoms with van der Waals surface area (Å²) in [7, 11) is 3.24. The Balaban J connectivity index is 1.48. The Morgan fingerprint density at radius 2 is 1.64 bits per heavy atom. The van der Waals surface area contributed by atoms with Crippen LogP contribution < -0.4 is 19.5 Å². The van der Waals surface area contributed by atoms with Gasteiger partial charge in [-0.2, -0.15) is 0 Å². The number of carbonyl (C=O) groups excluding carboxylic acids is 2. The van der Waals surface area contributed by atoms with Gasteiger partial charge in [0.2, 0.25) is 0 Å². The van der Waals surface area contributed by atoms with Gasteiger partial charge in [0.05, 0.1) is 14.2 Å². The van der Waals surface area contributed by atoms with Gasteiger partial charge in [-0.05, 0) is 87.6 Å². The molecule has 1 fully saturated rings. The van der Waals surface area contributed by atoms with E-state index in [1.165, 1.54) is 0 Å². The van der Waals surface area contributed by atoms with Crippen molar-refractivity contribution in [2.75, 3.05) is 27.4 Å². The number of methoxy groups -OCH3 is 2. The number of hydrogen-bond donors (Lipinski definition) is 1. The van der Waals surface area contributed by atoms with Gasteiger partial charge < -0.3 is 24.4 Å². The average Bonchev–Trinajstić information content (AvgIpc) is 2.82. The summed E-state index contributed by atoms with van der Waals surface area (Å²) in [5, 5.41) is 2.92. The van der Waals surface area contributed by atoms with Crippen LogP contribution in [-0.2, 0) is 11.2 Å². The summed E-state index contributed by atoms with van der Waals surface area (Å²) >= 11 is 0. The SMILES string of the molecule is COc1ccc(OC)c(CCNC(=O)c2ccc(OCC(=O)N3C(C)CCCC3C)cc2)c1. The molecular weight excluding hydrogens is 420 g/mol. The molecule has 2 aromatic rings. The minimum atomic E-state index is -0.171. The first-order chi connectivity index (χ1) is 15.9. The lowest BCUT2D eigenvalue weighted by molar-refractivity contribution is -0.139. The van der Waals surface area contributed by atoms with E-state index >= 15 is 0 Å². The molecule has 2 atom stereocenters.